The molecule has 0 aromatic heterocycles. The lowest BCUT2D eigenvalue weighted by Gasteiger charge is -2.10. The van der Waals surface area contributed by atoms with E-state index >= 15 is 0 Å². The number of hydroxylamine groups is 1. The van der Waals surface area contributed by atoms with E-state index in [1.807, 2.05) is 42.5 Å². The first-order valence-electron chi connectivity index (χ1n) is 6.88. The second kappa shape index (κ2) is 8.05. The van der Waals surface area contributed by atoms with E-state index in [9.17, 15) is 4.79 Å². The van der Waals surface area contributed by atoms with Crippen LogP contribution in [0, 0.1) is 0 Å². The molecule has 0 aliphatic heterocycles. The molecule has 0 aliphatic rings. The van der Waals surface area contributed by atoms with Gasteiger partial charge in [-0.3, -0.25) is 9.63 Å². The number of rotatable bonds is 7. The van der Waals surface area contributed by atoms with Crippen molar-refractivity contribution in [3.05, 3.63) is 59.7 Å². The number of hydrogen-bond acceptors (Lipinski definition) is 4. The summed E-state index contributed by atoms with van der Waals surface area (Å²) in [4.78, 5) is 17.0. The van der Waals surface area contributed by atoms with Crippen LogP contribution in [0.5, 0.6) is 11.5 Å². The Hall–Kier alpha value is -2.53. The van der Waals surface area contributed by atoms with Gasteiger partial charge in [-0.2, -0.15) is 0 Å². The molecule has 0 heterocycles. The number of ether oxygens (including phenoxy) is 2. The Kier molecular flexibility index (Phi) is 5.80. The van der Waals surface area contributed by atoms with Crippen LogP contribution in [0.4, 0.5) is 0 Å². The molecule has 5 heteroatoms. The summed E-state index contributed by atoms with van der Waals surface area (Å²) in [5.74, 6) is 1.09. The molecule has 0 fully saturated rings. The third kappa shape index (κ3) is 4.49. The third-order valence-corrected chi connectivity index (χ3v) is 3.08. The molecule has 0 aliphatic carbocycles. The van der Waals surface area contributed by atoms with Gasteiger partial charge in [-0.1, -0.05) is 36.4 Å². The van der Waals surface area contributed by atoms with Gasteiger partial charge >= 0.3 is 0 Å². The lowest BCUT2D eigenvalue weighted by molar-refractivity contribution is -0.133. The maximum atomic E-state index is 11.7. The quantitative estimate of drug-likeness (QED) is 0.798. The highest BCUT2D eigenvalue weighted by Crippen LogP contribution is 2.27. The number of carbonyl (C=O) groups is 1. The highest BCUT2D eigenvalue weighted by atomic mass is 16.6. The summed E-state index contributed by atoms with van der Waals surface area (Å²) in [5, 5.41) is 0. The highest BCUT2D eigenvalue weighted by molar-refractivity contribution is 5.77. The summed E-state index contributed by atoms with van der Waals surface area (Å²) in [5.41, 5.74) is 4.25. The minimum absolute atomic E-state index is 0.188. The highest BCUT2D eigenvalue weighted by Gasteiger charge is 2.06. The molecule has 0 bridgehead atoms. The smallest absolute Gasteiger partial charge is 0.247 e. The van der Waals surface area contributed by atoms with Crippen molar-refractivity contribution >= 4 is 5.91 Å². The second-order valence-electron chi connectivity index (χ2n) is 4.67. The summed E-state index contributed by atoms with van der Waals surface area (Å²) < 4.78 is 10.4. The number of hydrogen-bond donors (Lipinski definition) is 1. The van der Waals surface area contributed by atoms with Crippen LogP contribution in [0.2, 0.25) is 0 Å². The second-order valence-corrected chi connectivity index (χ2v) is 4.67. The van der Waals surface area contributed by atoms with Crippen LogP contribution < -0.4 is 15.0 Å². The van der Waals surface area contributed by atoms with Crippen LogP contribution in [-0.4, -0.2) is 20.1 Å². The van der Waals surface area contributed by atoms with E-state index in [0.717, 1.165) is 11.1 Å². The van der Waals surface area contributed by atoms with Crippen LogP contribution in [0.1, 0.15) is 11.1 Å². The van der Waals surface area contributed by atoms with Crippen LogP contribution in [-0.2, 0) is 22.7 Å². The average molecular weight is 301 g/mol. The molecular weight excluding hydrogens is 282 g/mol. The molecule has 2 aromatic rings. The zero-order valence-corrected chi connectivity index (χ0v) is 12.7. The Balaban J connectivity index is 1.82. The molecule has 1 N–H and O–H groups in total. The van der Waals surface area contributed by atoms with Gasteiger partial charge in [-0.15, -0.1) is 0 Å². The summed E-state index contributed by atoms with van der Waals surface area (Å²) in [7, 11) is 3.15. The molecule has 0 radical (unpaired) electrons. The fourth-order valence-corrected chi connectivity index (χ4v) is 1.99. The lowest BCUT2D eigenvalue weighted by Crippen LogP contribution is -2.25. The van der Waals surface area contributed by atoms with Gasteiger partial charge in [0, 0.05) is 0 Å². The number of methoxy groups -OCH3 is 2. The molecule has 0 unspecified atom stereocenters. The van der Waals surface area contributed by atoms with Gasteiger partial charge in [0.15, 0.2) is 11.5 Å². The van der Waals surface area contributed by atoms with Gasteiger partial charge in [0.2, 0.25) is 5.91 Å². The first-order valence-corrected chi connectivity index (χ1v) is 6.88. The normalized spacial score (nSPS) is 10.1. The standard InChI is InChI=1S/C17H19NO4/c1-20-15-9-8-14(10-16(15)21-2)12-22-18-17(19)11-13-6-4-3-5-7-13/h3-10H,11-12H2,1-2H3,(H,18,19). The number of amides is 1. The van der Waals surface area contributed by atoms with E-state index in [1.165, 1.54) is 0 Å². The minimum Gasteiger partial charge on any atom is -0.493 e. The molecule has 0 saturated heterocycles. The molecule has 22 heavy (non-hydrogen) atoms. The molecule has 2 aromatic carbocycles. The van der Waals surface area contributed by atoms with E-state index in [1.54, 1.807) is 20.3 Å². The zero-order chi connectivity index (χ0) is 15.8. The first kappa shape index (κ1) is 15.9. The molecule has 116 valence electrons. The van der Waals surface area contributed by atoms with Gasteiger partial charge in [0.05, 0.1) is 27.2 Å². The first-order chi connectivity index (χ1) is 10.7. The summed E-state index contributed by atoms with van der Waals surface area (Å²) in [6, 6.07) is 15.0. The monoisotopic (exact) mass is 301 g/mol. The maximum Gasteiger partial charge on any atom is 0.247 e. The van der Waals surface area contributed by atoms with Crippen molar-refractivity contribution in [3.63, 3.8) is 0 Å². The van der Waals surface area contributed by atoms with E-state index in [-0.39, 0.29) is 18.9 Å². The van der Waals surface area contributed by atoms with Crippen molar-refractivity contribution in [2.24, 2.45) is 0 Å². The minimum atomic E-state index is -0.188. The van der Waals surface area contributed by atoms with E-state index in [2.05, 4.69) is 5.48 Å². The summed E-state index contributed by atoms with van der Waals surface area (Å²) >= 11 is 0. The molecule has 1 amide bonds. The Morgan fingerprint density at radius 1 is 0.955 bits per heavy atom. The van der Waals surface area contributed by atoms with Crippen molar-refractivity contribution in [1.82, 2.24) is 5.48 Å². The molecule has 5 nitrogen and oxygen atoms in total. The van der Waals surface area contributed by atoms with Crippen molar-refractivity contribution in [3.8, 4) is 11.5 Å². The molecule has 2 rings (SSSR count). The largest absolute Gasteiger partial charge is 0.493 e. The van der Waals surface area contributed by atoms with Gasteiger partial charge in [-0.05, 0) is 23.3 Å². The number of carbonyl (C=O) groups excluding carboxylic acids is 1. The Bertz CT molecular complexity index is 613. The third-order valence-electron chi connectivity index (χ3n) is 3.08. The fraction of sp³-hybridized carbons (Fsp3) is 0.235. The fourth-order valence-electron chi connectivity index (χ4n) is 1.99. The van der Waals surface area contributed by atoms with Crippen molar-refractivity contribution in [2.45, 2.75) is 13.0 Å². The predicted octanol–water partition coefficient (Wildman–Crippen LogP) is 2.49. The SMILES string of the molecule is COc1ccc(CONC(=O)Cc2ccccc2)cc1OC. The van der Waals surface area contributed by atoms with Crippen LogP contribution in [0.15, 0.2) is 48.5 Å². The molecule has 0 atom stereocenters. The predicted molar refractivity (Wildman–Crippen MR) is 82.6 cm³/mol. The zero-order valence-electron chi connectivity index (χ0n) is 12.7. The van der Waals surface area contributed by atoms with Crippen LogP contribution in [0.3, 0.4) is 0 Å². The number of benzene rings is 2. The van der Waals surface area contributed by atoms with Gasteiger partial charge in [0.1, 0.15) is 0 Å². The lowest BCUT2D eigenvalue weighted by atomic mass is 10.1. The molecular formula is C17H19NO4. The number of nitrogens with one attached hydrogen (secondary N) is 1. The van der Waals surface area contributed by atoms with Crippen molar-refractivity contribution < 1.29 is 19.1 Å². The Morgan fingerprint density at radius 2 is 1.68 bits per heavy atom. The topological polar surface area (TPSA) is 56.8 Å². The summed E-state index contributed by atoms with van der Waals surface area (Å²) in [6.07, 6.45) is 0.284. The maximum absolute atomic E-state index is 11.7. The molecule has 0 saturated carbocycles. The van der Waals surface area contributed by atoms with Crippen molar-refractivity contribution in [1.29, 1.82) is 0 Å². The Morgan fingerprint density at radius 3 is 2.36 bits per heavy atom. The van der Waals surface area contributed by atoms with E-state index in [4.69, 9.17) is 14.3 Å². The van der Waals surface area contributed by atoms with Gasteiger partial charge in [0.25, 0.3) is 0 Å². The van der Waals surface area contributed by atoms with Gasteiger partial charge in [-0.25, -0.2) is 5.48 Å². The average Bonchev–Trinajstić information content (AvgIpc) is 2.55. The van der Waals surface area contributed by atoms with Crippen LogP contribution in [0.25, 0.3) is 0 Å². The molecule has 0 spiro atoms. The van der Waals surface area contributed by atoms with Gasteiger partial charge < -0.3 is 9.47 Å². The van der Waals surface area contributed by atoms with E-state index in [0.29, 0.717) is 11.5 Å². The van der Waals surface area contributed by atoms with Crippen molar-refractivity contribution in [2.75, 3.05) is 14.2 Å². The van der Waals surface area contributed by atoms with E-state index < -0.39 is 0 Å². The summed E-state index contributed by atoms with van der Waals surface area (Å²) in [6.45, 7) is 0.251. The van der Waals surface area contributed by atoms with Crippen LogP contribution >= 0.6 is 0 Å². The Labute approximate surface area is 129 Å².